The van der Waals surface area contributed by atoms with Gasteiger partial charge in [-0.15, -0.1) is 24.0 Å². The highest BCUT2D eigenvalue weighted by Crippen LogP contribution is 2.13. The fourth-order valence-electron chi connectivity index (χ4n) is 1.55. The van der Waals surface area contributed by atoms with Gasteiger partial charge in [-0.05, 0) is 18.7 Å². The van der Waals surface area contributed by atoms with Gasteiger partial charge in [-0.25, -0.2) is 4.99 Å². The van der Waals surface area contributed by atoms with Crippen molar-refractivity contribution in [2.75, 3.05) is 25.1 Å². The van der Waals surface area contributed by atoms with Gasteiger partial charge < -0.3 is 10.6 Å². The molecule has 1 aromatic rings. The number of thioether (sulfide) groups is 1. The zero-order chi connectivity index (χ0) is 14.8. The number of non-ortho nitro benzene ring substituents is 1. The molecule has 0 saturated heterocycles. The van der Waals surface area contributed by atoms with E-state index in [0.717, 1.165) is 30.4 Å². The molecule has 0 bridgehead atoms. The van der Waals surface area contributed by atoms with Crippen molar-refractivity contribution in [3.63, 3.8) is 0 Å². The van der Waals surface area contributed by atoms with Crippen LogP contribution in [-0.2, 0) is 6.54 Å². The van der Waals surface area contributed by atoms with Crippen molar-refractivity contribution in [1.82, 2.24) is 10.6 Å². The SMILES string of the molecule is CCNC(=NCc1cccc([N+](=O)[O-])c1)NCCSC.I. The Bertz CT molecular complexity index is 471. The summed E-state index contributed by atoms with van der Waals surface area (Å²) in [6.07, 6.45) is 2.05. The second-order valence-corrected chi connectivity index (χ2v) is 5.03. The number of nitrogens with zero attached hydrogens (tertiary/aromatic N) is 2. The summed E-state index contributed by atoms with van der Waals surface area (Å²) in [4.78, 5) is 14.7. The summed E-state index contributed by atoms with van der Waals surface area (Å²) >= 11 is 1.76. The zero-order valence-electron chi connectivity index (χ0n) is 12.2. The number of benzene rings is 1. The first-order chi connectivity index (χ1) is 9.67. The van der Waals surface area contributed by atoms with Crippen LogP contribution in [0.1, 0.15) is 12.5 Å². The van der Waals surface area contributed by atoms with Crippen molar-refractivity contribution in [3.05, 3.63) is 39.9 Å². The number of nitro groups is 1. The van der Waals surface area contributed by atoms with E-state index in [1.54, 1.807) is 23.9 Å². The van der Waals surface area contributed by atoms with E-state index in [1.165, 1.54) is 6.07 Å². The van der Waals surface area contributed by atoms with Gasteiger partial charge in [0.25, 0.3) is 5.69 Å². The van der Waals surface area contributed by atoms with E-state index in [1.807, 2.05) is 13.0 Å². The molecular weight excluding hydrogens is 403 g/mol. The Morgan fingerprint density at radius 2 is 2.19 bits per heavy atom. The summed E-state index contributed by atoms with van der Waals surface area (Å²) in [5.41, 5.74) is 0.916. The van der Waals surface area contributed by atoms with Crippen molar-refractivity contribution in [3.8, 4) is 0 Å². The lowest BCUT2D eigenvalue weighted by atomic mass is 10.2. The van der Waals surface area contributed by atoms with Gasteiger partial charge in [-0.2, -0.15) is 11.8 Å². The topological polar surface area (TPSA) is 79.6 Å². The standard InChI is InChI=1S/C13H20N4O2S.HI/c1-3-14-13(15-7-8-20-2)16-10-11-5-4-6-12(9-11)17(18)19;/h4-6,9H,3,7-8,10H2,1-2H3,(H2,14,15,16);1H. The van der Waals surface area contributed by atoms with Crippen LogP contribution in [0.15, 0.2) is 29.3 Å². The van der Waals surface area contributed by atoms with Crippen LogP contribution in [0.3, 0.4) is 0 Å². The fourth-order valence-corrected chi connectivity index (χ4v) is 1.86. The van der Waals surface area contributed by atoms with Crippen LogP contribution in [0.5, 0.6) is 0 Å². The number of hydrogen-bond acceptors (Lipinski definition) is 4. The minimum Gasteiger partial charge on any atom is -0.357 e. The molecule has 0 spiro atoms. The molecule has 6 nitrogen and oxygen atoms in total. The Labute approximate surface area is 146 Å². The molecule has 0 saturated carbocycles. The molecule has 1 aromatic carbocycles. The highest BCUT2D eigenvalue weighted by Gasteiger charge is 2.05. The lowest BCUT2D eigenvalue weighted by Gasteiger charge is -2.10. The third kappa shape index (κ3) is 8.10. The van der Waals surface area contributed by atoms with Gasteiger partial charge in [0.05, 0.1) is 11.5 Å². The highest BCUT2D eigenvalue weighted by molar-refractivity contribution is 14.0. The number of aliphatic imine (C=N–C) groups is 1. The van der Waals surface area contributed by atoms with Gasteiger partial charge in [0.1, 0.15) is 0 Å². The lowest BCUT2D eigenvalue weighted by molar-refractivity contribution is -0.384. The van der Waals surface area contributed by atoms with Crippen molar-refractivity contribution in [2.24, 2.45) is 4.99 Å². The Hall–Kier alpha value is -1.03. The second-order valence-electron chi connectivity index (χ2n) is 4.04. The number of nitro benzene ring substituents is 1. The number of hydrogen-bond donors (Lipinski definition) is 2. The second kappa shape index (κ2) is 11.6. The van der Waals surface area contributed by atoms with E-state index in [2.05, 4.69) is 21.9 Å². The average molecular weight is 424 g/mol. The van der Waals surface area contributed by atoms with Crippen LogP contribution in [-0.4, -0.2) is 36.0 Å². The minimum atomic E-state index is -0.394. The Balaban J connectivity index is 0.00000400. The first-order valence-electron chi connectivity index (χ1n) is 6.41. The van der Waals surface area contributed by atoms with Crippen LogP contribution in [0.2, 0.25) is 0 Å². The molecule has 0 atom stereocenters. The van der Waals surface area contributed by atoms with Crippen LogP contribution in [0.25, 0.3) is 0 Å². The maximum absolute atomic E-state index is 10.7. The van der Waals surface area contributed by atoms with Crippen LogP contribution in [0.4, 0.5) is 5.69 Å². The molecule has 0 unspecified atom stereocenters. The molecule has 0 radical (unpaired) electrons. The minimum absolute atomic E-state index is 0. The van der Waals surface area contributed by atoms with Crippen molar-refractivity contribution in [1.29, 1.82) is 0 Å². The molecule has 0 aliphatic heterocycles. The molecule has 118 valence electrons. The predicted octanol–water partition coefficient (Wildman–Crippen LogP) is 2.63. The summed E-state index contributed by atoms with van der Waals surface area (Å²) < 4.78 is 0. The zero-order valence-corrected chi connectivity index (χ0v) is 15.3. The maximum Gasteiger partial charge on any atom is 0.269 e. The van der Waals surface area contributed by atoms with E-state index < -0.39 is 4.92 Å². The molecule has 2 N–H and O–H groups in total. The van der Waals surface area contributed by atoms with Crippen LogP contribution >= 0.6 is 35.7 Å². The molecule has 0 heterocycles. The monoisotopic (exact) mass is 424 g/mol. The number of halogens is 1. The summed E-state index contributed by atoms with van der Waals surface area (Å²) in [5, 5.41) is 17.1. The Morgan fingerprint density at radius 1 is 1.43 bits per heavy atom. The third-order valence-corrected chi connectivity index (χ3v) is 3.10. The van der Waals surface area contributed by atoms with Crippen LogP contribution < -0.4 is 10.6 Å². The van der Waals surface area contributed by atoms with Crippen LogP contribution in [0, 0.1) is 10.1 Å². The molecule has 21 heavy (non-hydrogen) atoms. The number of guanidine groups is 1. The summed E-state index contributed by atoms with van der Waals surface area (Å²) in [5.74, 6) is 1.73. The van der Waals surface area contributed by atoms with Gasteiger partial charge >= 0.3 is 0 Å². The highest BCUT2D eigenvalue weighted by atomic mass is 127. The van der Waals surface area contributed by atoms with E-state index in [-0.39, 0.29) is 29.7 Å². The average Bonchev–Trinajstić information content (AvgIpc) is 2.45. The first-order valence-corrected chi connectivity index (χ1v) is 7.81. The van der Waals surface area contributed by atoms with Crippen molar-refractivity contribution >= 4 is 47.4 Å². The molecule has 0 aromatic heterocycles. The first kappa shape index (κ1) is 20.0. The summed E-state index contributed by atoms with van der Waals surface area (Å²) in [6, 6.07) is 6.54. The largest absolute Gasteiger partial charge is 0.357 e. The van der Waals surface area contributed by atoms with Gasteiger partial charge in [-0.1, -0.05) is 12.1 Å². The lowest BCUT2D eigenvalue weighted by Crippen LogP contribution is -2.38. The molecule has 1 rings (SSSR count). The molecule has 8 heteroatoms. The van der Waals surface area contributed by atoms with E-state index >= 15 is 0 Å². The smallest absolute Gasteiger partial charge is 0.269 e. The fraction of sp³-hybridized carbons (Fsp3) is 0.462. The van der Waals surface area contributed by atoms with Gasteiger partial charge in [0.15, 0.2) is 5.96 Å². The predicted molar refractivity (Wildman–Crippen MR) is 99.7 cm³/mol. The van der Waals surface area contributed by atoms with E-state index in [4.69, 9.17) is 0 Å². The van der Waals surface area contributed by atoms with Gasteiger partial charge in [-0.3, -0.25) is 10.1 Å². The Kier molecular flexibility index (Phi) is 11.0. The molecule has 0 amide bonds. The van der Waals surface area contributed by atoms with E-state index in [9.17, 15) is 10.1 Å². The number of nitrogens with one attached hydrogen (secondary N) is 2. The summed E-state index contributed by atoms with van der Waals surface area (Å²) in [6.45, 7) is 4.03. The number of rotatable bonds is 7. The summed E-state index contributed by atoms with van der Waals surface area (Å²) in [7, 11) is 0. The van der Waals surface area contributed by atoms with E-state index in [0.29, 0.717) is 6.54 Å². The van der Waals surface area contributed by atoms with Gasteiger partial charge in [0.2, 0.25) is 0 Å². The van der Waals surface area contributed by atoms with Crippen molar-refractivity contribution < 1.29 is 4.92 Å². The Morgan fingerprint density at radius 3 is 2.81 bits per heavy atom. The molecular formula is C13H21IN4O2S. The third-order valence-electron chi connectivity index (χ3n) is 2.48. The van der Waals surface area contributed by atoms with Gasteiger partial charge in [0, 0.05) is 31.0 Å². The molecule has 0 fully saturated rings. The van der Waals surface area contributed by atoms with Crippen molar-refractivity contribution in [2.45, 2.75) is 13.5 Å². The molecule has 0 aliphatic carbocycles. The normalized spacial score (nSPS) is 10.7. The molecule has 0 aliphatic rings. The quantitative estimate of drug-likeness (QED) is 0.176. The maximum atomic E-state index is 10.7.